The largest absolute Gasteiger partial charge is 0.396 e. The van der Waals surface area contributed by atoms with Gasteiger partial charge in [-0.3, -0.25) is 9.59 Å². The van der Waals surface area contributed by atoms with Gasteiger partial charge in [-0.15, -0.1) is 0 Å². The van der Waals surface area contributed by atoms with Crippen molar-refractivity contribution >= 4 is 17.7 Å². The number of benzene rings is 1. The molecule has 1 heterocycles. The number of nitrogens with one attached hydrogen (secondary N) is 2. The second-order valence-electron chi connectivity index (χ2n) is 5.10. The molecule has 0 fully saturated rings. The molecule has 0 saturated carbocycles. The summed E-state index contributed by atoms with van der Waals surface area (Å²) in [7, 11) is 0. The molecule has 2 rings (SSSR count). The van der Waals surface area contributed by atoms with Crippen molar-refractivity contribution in [2.75, 3.05) is 12.4 Å². The summed E-state index contributed by atoms with van der Waals surface area (Å²) in [6, 6.07) is 5.87. The first-order valence-electron chi connectivity index (χ1n) is 7.34. The third kappa shape index (κ3) is 5.17. The maximum Gasteiger partial charge on any atom is 0.255 e. The second-order valence-corrected chi connectivity index (χ2v) is 6.06. The van der Waals surface area contributed by atoms with Crippen molar-refractivity contribution in [3.63, 3.8) is 0 Å². The highest BCUT2D eigenvalue weighted by Gasteiger charge is 2.10. The van der Waals surface area contributed by atoms with Gasteiger partial charge in [0.1, 0.15) is 5.82 Å². The molecule has 0 aliphatic rings. The Morgan fingerprint density at radius 2 is 2.08 bits per heavy atom. The van der Waals surface area contributed by atoms with E-state index < -0.39 is 0 Å². The van der Waals surface area contributed by atoms with E-state index in [1.807, 2.05) is 0 Å². The van der Waals surface area contributed by atoms with Crippen molar-refractivity contribution in [2.45, 2.75) is 25.0 Å². The Bertz CT molecular complexity index is 762. The molecule has 3 N–H and O–H groups in total. The summed E-state index contributed by atoms with van der Waals surface area (Å²) < 4.78 is 12.8. The van der Waals surface area contributed by atoms with E-state index in [1.165, 1.54) is 12.1 Å². The number of amides is 1. The molecule has 0 atom stereocenters. The smallest absolute Gasteiger partial charge is 0.255 e. The van der Waals surface area contributed by atoms with Crippen LogP contribution in [0.25, 0.3) is 0 Å². The van der Waals surface area contributed by atoms with E-state index in [9.17, 15) is 14.0 Å². The number of aromatic amines is 1. The Kier molecular flexibility index (Phi) is 6.51. The average molecular weight is 351 g/mol. The molecule has 0 aliphatic carbocycles. The van der Waals surface area contributed by atoms with Crippen molar-refractivity contribution < 1.29 is 14.3 Å². The topological polar surface area (TPSA) is 95.1 Å². The lowest BCUT2D eigenvalue weighted by molar-refractivity contribution is -0.118. The number of aliphatic hydroxyl groups is 1. The number of carbonyl (C=O) groups is 1. The average Bonchev–Trinajstić information content (AvgIpc) is 2.56. The quantitative estimate of drug-likeness (QED) is 0.514. The molecule has 0 radical (unpaired) electrons. The molecule has 24 heavy (non-hydrogen) atoms. The van der Waals surface area contributed by atoms with Crippen LogP contribution in [0.15, 0.2) is 34.2 Å². The zero-order valence-electron chi connectivity index (χ0n) is 13.1. The minimum atomic E-state index is -0.323. The lowest BCUT2D eigenvalue weighted by Crippen LogP contribution is -2.25. The minimum absolute atomic E-state index is 0.100. The predicted molar refractivity (Wildman–Crippen MR) is 89.4 cm³/mol. The van der Waals surface area contributed by atoms with Crippen LogP contribution in [0.4, 0.5) is 4.39 Å². The first-order chi connectivity index (χ1) is 11.5. The molecular formula is C16H18FN3O3S. The first-order valence-corrected chi connectivity index (χ1v) is 8.32. The molecular weight excluding hydrogens is 333 g/mol. The number of aliphatic hydroxyl groups excluding tert-OH is 1. The number of hydrogen-bond donors (Lipinski definition) is 3. The lowest BCUT2D eigenvalue weighted by atomic mass is 10.2. The number of H-pyrrole nitrogens is 1. The normalized spacial score (nSPS) is 10.6. The van der Waals surface area contributed by atoms with Crippen molar-refractivity contribution in [1.82, 2.24) is 15.3 Å². The van der Waals surface area contributed by atoms with Crippen molar-refractivity contribution in [3.8, 4) is 0 Å². The summed E-state index contributed by atoms with van der Waals surface area (Å²) in [6.07, 6.45) is 0.247. The Hall–Kier alpha value is -2.19. The fraction of sp³-hybridized carbons (Fsp3) is 0.312. The lowest BCUT2D eigenvalue weighted by Gasteiger charge is -2.07. The van der Waals surface area contributed by atoms with Crippen LogP contribution >= 0.6 is 11.8 Å². The summed E-state index contributed by atoms with van der Waals surface area (Å²) in [5.41, 5.74) is 1.49. The Balaban J connectivity index is 1.87. The number of thioether (sulfide) groups is 1. The van der Waals surface area contributed by atoms with E-state index in [2.05, 4.69) is 15.3 Å². The van der Waals surface area contributed by atoms with E-state index >= 15 is 0 Å². The molecule has 0 spiro atoms. The minimum Gasteiger partial charge on any atom is -0.396 e. The van der Waals surface area contributed by atoms with Crippen LogP contribution in [0.3, 0.4) is 0 Å². The molecule has 0 saturated heterocycles. The molecule has 1 amide bonds. The van der Waals surface area contributed by atoms with E-state index in [4.69, 9.17) is 5.11 Å². The molecule has 8 heteroatoms. The molecule has 1 aromatic carbocycles. The first kappa shape index (κ1) is 18.2. The van der Waals surface area contributed by atoms with Gasteiger partial charge in [0, 0.05) is 30.8 Å². The van der Waals surface area contributed by atoms with E-state index in [0.29, 0.717) is 23.0 Å². The van der Waals surface area contributed by atoms with Crippen molar-refractivity contribution in [1.29, 1.82) is 0 Å². The summed E-state index contributed by atoms with van der Waals surface area (Å²) in [5, 5.41) is 12.0. The maximum atomic E-state index is 12.8. The summed E-state index contributed by atoms with van der Waals surface area (Å²) in [4.78, 5) is 30.5. The monoisotopic (exact) mass is 351 g/mol. The highest BCUT2D eigenvalue weighted by Crippen LogP contribution is 2.12. The number of carbonyl (C=O) groups excluding carboxylic acids is 1. The number of nitrogens with zero attached hydrogens (tertiary/aromatic N) is 1. The molecule has 6 nitrogen and oxygen atoms in total. The van der Waals surface area contributed by atoms with E-state index in [0.717, 1.165) is 17.3 Å². The van der Waals surface area contributed by atoms with Gasteiger partial charge in [-0.05, 0) is 24.6 Å². The fourth-order valence-electron chi connectivity index (χ4n) is 2.05. The Labute approximate surface area is 142 Å². The van der Waals surface area contributed by atoms with Crippen LogP contribution in [0.1, 0.15) is 16.8 Å². The van der Waals surface area contributed by atoms with Gasteiger partial charge >= 0.3 is 0 Å². The molecule has 128 valence electrons. The van der Waals surface area contributed by atoms with Crippen LogP contribution in [0.2, 0.25) is 0 Å². The summed E-state index contributed by atoms with van der Waals surface area (Å²) in [6.45, 7) is 1.88. The molecule has 1 aromatic heterocycles. The maximum absolute atomic E-state index is 12.8. The predicted octanol–water partition coefficient (Wildman–Crippen LogP) is 1.16. The second kappa shape index (κ2) is 8.60. The number of rotatable bonds is 7. The Morgan fingerprint density at radius 3 is 2.71 bits per heavy atom. The highest BCUT2D eigenvalue weighted by molar-refractivity contribution is 7.99. The summed E-state index contributed by atoms with van der Waals surface area (Å²) >= 11 is 1.12. The molecule has 0 unspecified atom stereocenters. The van der Waals surface area contributed by atoms with Gasteiger partial charge in [-0.1, -0.05) is 23.9 Å². The third-order valence-corrected chi connectivity index (χ3v) is 4.18. The Morgan fingerprint density at radius 1 is 1.38 bits per heavy atom. The van der Waals surface area contributed by atoms with Crippen LogP contribution in [-0.2, 0) is 17.8 Å². The standard InChI is InChI=1S/C16H18FN3O3S/c1-10-13(6-7-21)15(23)20-16(19-10)24-9-14(22)18-8-11-2-4-12(17)5-3-11/h2-5,21H,6-9H2,1H3,(H,18,22)(H,19,20,23). The van der Waals surface area contributed by atoms with Gasteiger partial charge in [0.2, 0.25) is 5.91 Å². The van der Waals surface area contributed by atoms with Crippen molar-refractivity contribution in [3.05, 3.63) is 57.3 Å². The molecule has 0 aliphatic heterocycles. The van der Waals surface area contributed by atoms with Gasteiger partial charge in [0.05, 0.1) is 5.75 Å². The number of halogens is 1. The molecule has 2 aromatic rings. The van der Waals surface area contributed by atoms with Crippen LogP contribution < -0.4 is 10.9 Å². The van der Waals surface area contributed by atoms with Crippen LogP contribution in [0.5, 0.6) is 0 Å². The number of aryl methyl sites for hydroxylation is 1. The van der Waals surface area contributed by atoms with Gasteiger partial charge in [0.25, 0.3) is 5.56 Å². The number of hydrogen-bond acceptors (Lipinski definition) is 5. The van der Waals surface area contributed by atoms with Crippen LogP contribution in [0, 0.1) is 12.7 Å². The van der Waals surface area contributed by atoms with Crippen molar-refractivity contribution in [2.24, 2.45) is 0 Å². The van der Waals surface area contributed by atoms with Crippen LogP contribution in [-0.4, -0.2) is 33.3 Å². The van der Waals surface area contributed by atoms with Gasteiger partial charge < -0.3 is 15.4 Å². The summed E-state index contributed by atoms with van der Waals surface area (Å²) in [5.74, 6) is -0.442. The zero-order chi connectivity index (χ0) is 17.5. The number of aromatic nitrogens is 2. The van der Waals surface area contributed by atoms with E-state index in [1.54, 1.807) is 19.1 Å². The third-order valence-electron chi connectivity index (χ3n) is 3.31. The van der Waals surface area contributed by atoms with Gasteiger partial charge in [0.15, 0.2) is 5.16 Å². The SMILES string of the molecule is Cc1nc(SCC(=O)NCc2ccc(F)cc2)[nH]c(=O)c1CCO. The fourth-order valence-corrected chi connectivity index (χ4v) is 2.78. The van der Waals surface area contributed by atoms with E-state index in [-0.39, 0.29) is 36.1 Å². The zero-order valence-corrected chi connectivity index (χ0v) is 14.0. The van der Waals surface area contributed by atoms with Gasteiger partial charge in [-0.2, -0.15) is 0 Å². The van der Waals surface area contributed by atoms with Gasteiger partial charge in [-0.25, -0.2) is 9.37 Å². The highest BCUT2D eigenvalue weighted by atomic mass is 32.2. The molecule has 0 bridgehead atoms.